The highest BCUT2D eigenvalue weighted by Crippen LogP contribution is 2.34. The maximum atomic E-state index is 9.09. The third-order valence-electron chi connectivity index (χ3n) is 4.18. The second-order valence-electron chi connectivity index (χ2n) is 5.37. The van der Waals surface area contributed by atoms with Crippen molar-refractivity contribution in [3.63, 3.8) is 0 Å². The highest BCUT2D eigenvalue weighted by molar-refractivity contribution is 5.40. The third kappa shape index (κ3) is 2.70. The summed E-state index contributed by atoms with van der Waals surface area (Å²) in [5.41, 5.74) is 3.08. The zero-order chi connectivity index (χ0) is 12.3. The number of benzene rings is 1. The van der Waals surface area contributed by atoms with E-state index in [0.29, 0.717) is 5.92 Å². The Kier molecular flexibility index (Phi) is 3.85. The standard InChI is InChI=1S/C15H23NO/c1-3-15(2,8-9-17)16-11-13-10-12-6-4-5-7-14(12)13/h4-7,13,16-17H,3,8-11H2,1-2H3. The molecule has 0 aliphatic heterocycles. The van der Waals surface area contributed by atoms with Crippen LogP contribution in [-0.4, -0.2) is 23.8 Å². The van der Waals surface area contributed by atoms with Crippen molar-refractivity contribution in [2.75, 3.05) is 13.2 Å². The van der Waals surface area contributed by atoms with E-state index in [2.05, 4.69) is 43.4 Å². The molecule has 1 aromatic rings. The number of hydrogen-bond acceptors (Lipinski definition) is 2. The topological polar surface area (TPSA) is 32.3 Å². The average Bonchev–Trinajstić information content (AvgIpc) is 2.31. The van der Waals surface area contributed by atoms with Crippen LogP contribution in [0.25, 0.3) is 0 Å². The van der Waals surface area contributed by atoms with Crippen molar-refractivity contribution >= 4 is 0 Å². The maximum absolute atomic E-state index is 9.09. The third-order valence-corrected chi connectivity index (χ3v) is 4.18. The summed E-state index contributed by atoms with van der Waals surface area (Å²) in [6.07, 6.45) is 3.09. The first-order valence-electron chi connectivity index (χ1n) is 6.62. The molecule has 2 rings (SSSR count). The Morgan fingerprint density at radius 1 is 1.41 bits per heavy atom. The lowest BCUT2D eigenvalue weighted by Crippen LogP contribution is -2.45. The lowest BCUT2D eigenvalue weighted by atomic mass is 9.77. The van der Waals surface area contributed by atoms with Crippen LogP contribution in [0.4, 0.5) is 0 Å². The molecule has 1 aliphatic rings. The van der Waals surface area contributed by atoms with Crippen molar-refractivity contribution in [2.24, 2.45) is 0 Å². The van der Waals surface area contributed by atoms with E-state index in [4.69, 9.17) is 5.11 Å². The van der Waals surface area contributed by atoms with Gasteiger partial charge < -0.3 is 10.4 Å². The first-order valence-corrected chi connectivity index (χ1v) is 6.62. The highest BCUT2D eigenvalue weighted by atomic mass is 16.3. The van der Waals surface area contributed by atoms with Crippen LogP contribution in [0.3, 0.4) is 0 Å². The second-order valence-corrected chi connectivity index (χ2v) is 5.37. The molecule has 0 aromatic heterocycles. The van der Waals surface area contributed by atoms with Gasteiger partial charge in [-0.2, -0.15) is 0 Å². The summed E-state index contributed by atoms with van der Waals surface area (Å²) >= 11 is 0. The Bertz CT molecular complexity index is 377. The second kappa shape index (κ2) is 5.19. The normalized spacial score (nSPS) is 21.5. The Labute approximate surface area is 104 Å². The van der Waals surface area contributed by atoms with Crippen LogP contribution in [0.15, 0.2) is 24.3 Å². The Hall–Kier alpha value is -0.860. The minimum atomic E-state index is 0.0826. The molecular weight excluding hydrogens is 210 g/mol. The van der Waals surface area contributed by atoms with E-state index in [1.807, 2.05) is 0 Å². The molecule has 0 bridgehead atoms. The van der Waals surface area contributed by atoms with Crippen LogP contribution in [-0.2, 0) is 6.42 Å². The number of aliphatic hydroxyl groups excluding tert-OH is 1. The molecule has 94 valence electrons. The van der Waals surface area contributed by atoms with Crippen LogP contribution in [0.1, 0.15) is 43.7 Å². The maximum Gasteiger partial charge on any atom is 0.0448 e. The number of aliphatic hydroxyl groups is 1. The molecule has 1 aromatic carbocycles. The van der Waals surface area contributed by atoms with E-state index in [1.165, 1.54) is 17.5 Å². The van der Waals surface area contributed by atoms with Crippen molar-refractivity contribution in [2.45, 2.75) is 44.6 Å². The molecule has 2 N–H and O–H groups in total. The summed E-state index contributed by atoms with van der Waals surface area (Å²) in [7, 11) is 0. The predicted octanol–water partition coefficient (Wildman–Crippen LogP) is 2.47. The fraction of sp³-hybridized carbons (Fsp3) is 0.600. The van der Waals surface area contributed by atoms with E-state index >= 15 is 0 Å². The SMILES string of the molecule is CCC(C)(CCO)NCC1Cc2ccccc21. The summed E-state index contributed by atoms with van der Waals surface area (Å²) in [4.78, 5) is 0. The van der Waals surface area contributed by atoms with Crippen molar-refractivity contribution in [3.8, 4) is 0 Å². The monoisotopic (exact) mass is 233 g/mol. The molecule has 0 heterocycles. The first-order chi connectivity index (χ1) is 8.18. The summed E-state index contributed by atoms with van der Waals surface area (Å²) in [6.45, 7) is 5.67. The quantitative estimate of drug-likeness (QED) is 0.791. The van der Waals surface area contributed by atoms with Crippen molar-refractivity contribution in [1.29, 1.82) is 0 Å². The molecular formula is C15H23NO. The van der Waals surface area contributed by atoms with Gasteiger partial charge in [0, 0.05) is 24.6 Å². The summed E-state index contributed by atoms with van der Waals surface area (Å²) < 4.78 is 0. The average molecular weight is 233 g/mol. The van der Waals surface area contributed by atoms with E-state index in [1.54, 1.807) is 0 Å². The molecule has 2 heteroatoms. The largest absolute Gasteiger partial charge is 0.396 e. The molecule has 0 radical (unpaired) electrons. The van der Waals surface area contributed by atoms with E-state index in [9.17, 15) is 0 Å². The van der Waals surface area contributed by atoms with Gasteiger partial charge in [-0.3, -0.25) is 0 Å². The Morgan fingerprint density at radius 3 is 2.82 bits per heavy atom. The lowest BCUT2D eigenvalue weighted by molar-refractivity contribution is 0.212. The molecule has 0 spiro atoms. The zero-order valence-electron chi connectivity index (χ0n) is 10.9. The number of rotatable bonds is 6. The van der Waals surface area contributed by atoms with Crippen molar-refractivity contribution in [1.82, 2.24) is 5.32 Å². The first kappa shape index (κ1) is 12.6. The molecule has 0 fully saturated rings. The number of nitrogens with one attached hydrogen (secondary N) is 1. The van der Waals surface area contributed by atoms with Gasteiger partial charge in [0.15, 0.2) is 0 Å². The zero-order valence-corrected chi connectivity index (χ0v) is 10.9. The van der Waals surface area contributed by atoms with Crippen molar-refractivity contribution in [3.05, 3.63) is 35.4 Å². The smallest absolute Gasteiger partial charge is 0.0448 e. The summed E-state index contributed by atoms with van der Waals surface area (Å²) in [6, 6.07) is 8.70. The van der Waals surface area contributed by atoms with E-state index in [-0.39, 0.29) is 12.1 Å². The van der Waals surface area contributed by atoms with E-state index in [0.717, 1.165) is 19.4 Å². The van der Waals surface area contributed by atoms with Crippen LogP contribution in [0.2, 0.25) is 0 Å². The van der Waals surface area contributed by atoms with Crippen LogP contribution in [0.5, 0.6) is 0 Å². The molecule has 0 saturated heterocycles. The predicted molar refractivity (Wildman–Crippen MR) is 71.3 cm³/mol. The van der Waals surface area contributed by atoms with Gasteiger partial charge in [-0.05, 0) is 37.3 Å². The van der Waals surface area contributed by atoms with Crippen LogP contribution < -0.4 is 5.32 Å². The minimum Gasteiger partial charge on any atom is -0.396 e. The van der Waals surface area contributed by atoms with Gasteiger partial charge in [0.05, 0.1) is 0 Å². The fourth-order valence-corrected chi connectivity index (χ4v) is 2.55. The minimum absolute atomic E-state index is 0.0826. The molecule has 0 amide bonds. The van der Waals surface area contributed by atoms with Crippen LogP contribution in [0, 0.1) is 0 Å². The van der Waals surface area contributed by atoms with Crippen molar-refractivity contribution < 1.29 is 5.11 Å². The Morgan fingerprint density at radius 2 is 2.18 bits per heavy atom. The number of hydrogen-bond donors (Lipinski definition) is 2. The highest BCUT2D eigenvalue weighted by Gasteiger charge is 2.28. The molecule has 0 saturated carbocycles. The van der Waals surface area contributed by atoms with Gasteiger partial charge in [0.25, 0.3) is 0 Å². The molecule has 17 heavy (non-hydrogen) atoms. The van der Waals surface area contributed by atoms with Gasteiger partial charge in [-0.15, -0.1) is 0 Å². The fourth-order valence-electron chi connectivity index (χ4n) is 2.55. The number of fused-ring (bicyclic) bond motifs is 1. The van der Waals surface area contributed by atoms with Gasteiger partial charge in [-0.1, -0.05) is 31.2 Å². The molecule has 2 atom stereocenters. The molecule has 1 aliphatic carbocycles. The molecule has 2 nitrogen and oxygen atoms in total. The van der Waals surface area contributed by atoms with Gasteiger partial charge in [0.1, 0.15) is 0 Å². The van der Waals surface area contributed by atoms with E-state index < -0.39 is 0 Å². The summed E-state index contributed by atoms with van der Waals surface area (Å²) in [5.74, 6) is 0.663. The lowest BCUT2D eigenvalue weighted by Gasteiger charge is -2.36. The Balaban J connectivity index is 1.88. The van der Waals surface area contributed by atoms with Crippen LogP contribution >= 0.6 is 0 Å². The van der Waals surface area contributed by atoms with Gasteiger partial charge in [0.2, 0.25) is 0 Å². The van der Waals surface area contributed by atoms with Gasteiger partial charge in [-0.25, -0.2) is 0 Å². The molecule has 2 unspecified atom stereocenters. The summed E-state index contributed by atoms with van der Waals surface area (Å²) in [5, 5.41) is 12.7. The van der Waals surface area contributed by atoms with Gasteiger partial charge >= 0.3 is 0 Å².